The topological polar surface area (TPSA) is 116 Å². The summed E-state index contributed by atoms with van der Waals surface area (Å²) in [5, 5.41) is 10.7. The van der Waals surface area contributed by atoms with Crippen LogP contribution in [0.1, 0.15) is 52.6 Å². The van der Waals surface area contributed by atoms with Gasteiger partial charge in [0.15, 0.2) is 0 Å². The van der Waals surface area contributed by atoms with Crippen molar-refractivity contribution in [2.75, 3.05) is 24.7 Å². The van der Waals surface area contributed by atoms with Crippen LogP contribution >= 0.6 is 0 Å². The second-order valence-corrected chi connectivity index (χ2v) is 8.96. The molecule has 40 heavy (non-hydrogen) atoms. The molecule has 0 aromatic heterocycles. The summed E-state index contributed by atoms with van der Waals surface area (Å²) in [6.45, 7) is 3.95. The molecule has 8 nitrogen and oxygen atoms in total. The number of anilines is 2. The van der Waals surface area contributed by atoms with Crippen LogP contribution in [0.15, 0.2) is 97.1 Å². The Labute approximate surface area is 233 Å². The van der Waals surface area contributed by atoms with E-state index < -0.39 is 0 Å². The molecule has 0 saturated carbocycles. The van der Waals surface area contributed by atoms with Gasteiger partial charge >= 0.3 is 0 Å². The number of hydrogen-bond acceptors (Lipinski definition) is 4. The molecular weight excluding hydrogens is 504 g/mol. The zero-order valence-corrected chi connectivity index (χ0v) is 22.9. The largest absolute Gasteiger partial charge is 0.355 e. The highest BCUT2D eigenvalue weighted by Gasteiger charge is 2.10. The van der Waals surface area contributed by atoms with E-state index in [4.69, 9.17) is 0 Å². The third-order valence-electron chi connectivity index (χ3n) is 5.84. The van der Waals surface area contributed by atoms with Crippen LogP contribution in [0.25, 0.3) is 0 Å². The van der Waals surface area contributed by atoms with Gasteiger partial charge in [-0.2, -0.15) is 0 Å². The molecule has 0 atom stereocenters. The van der Waals surface area contributed by atoms with Crippen molar-refractivity contribution in [2.45, 2.75) is 13.8 Å². The van der Waals surface area contributed by atoms with E-state index in [-0.39, 0.29) is 23.6 Å². The molecule has 4 amide bonds. The Morgan fingerprint density at radius 3 is 1.50 bits per heavy atom. The summed E-state index contributed by atoms with van der Waals surface area (Å²) in [6.07, 6.45) is 0. The SMILES string of the molecule is CNC(=O)c1ccc(C(=O)Nc2ccc(C)cc2)cc1.CNC(=O)c1cccc(C(=O)Nc2cccc(C)c2)c1. The fourth-order valence-electron chi connectivity index (χ4n) is 3.63. The summed E-state index contributed by atoms with van der Waals surface area (Å²) >= 11 is 0. The van der Waals surface area contributed by atoms with Gasteiger partial charge in [-0.1, -0.05) is 35.9 Å². The molecule has 0 aliphatic carbocycles. The van der Waals surface area contributed by atoms with E-state index in [1.54, 1.807) is 62.6 Å². The van der Waals surface area contributed by atoms with Gasteiger partial charge in [0.05, 0.1) is 0 Å². The Morgan fingerprint density at radius 2 is 0.925 bits per heavy atom. The van der Waals surface area contributed by atoms with Crippen LogP contribution in [-0.2, 0) is 0 Å². The van der Waals surface area contributed by atoms with E-state index in [0.717, 1.165) is 22.5 Å². The van der Waals surface area contributed by atoms with E-state index in [1.165, 1.54) is 0 Å². The predicted octanol–water partition coefficient (Wildman–Crippen LogP) is 5.21. The third-order valence-corrected chi connectivity index (χ3v) is 5.84. The van der Waals surface area contributed by atoms with Crippen molar-refractivity contribution < 1.29 is 19.2 Å². The summed E-state index contributed by atoms with van der Waals surface area (Å²) < 4.78 is 0. The molecule has 0 unspecified atom stereocenters. The van der Waals surface area contributed by atoms with Crippen LogP contribution in [0.5, 0.6) is 0 Å². The van der Waals surface area contributed by atoms with Gasteiger partial charge in [-0.15, -0.1) is 0 Å². The lowest BCUT2D eigenvalue weighted by molar-refractivity contribution is 0.0954. The standard InChI is InChI=1S/2C16H16N2O2/c1-11-3-9-14(10-4-11)18-16(20)13-7-5-12(6-8-13)15(19)17-2;1-11-5-3-8-14(9-11)18-16(20)13-7-4-6-12(10-13)15(19)17-2/h2*3-10H,1-2H3,(H,17,19)(H,18,20). The Balaban J connectivity index is 0.000000220. The maximum absolute atomic E-state index is 12.1. The zero-order valence-electron chi connectivity index (χ0n) is 22.9. The lowest BCUT2D eigenvalue weighted by Crippen LogP contribution is -2.19. The smallest absolute Gasteiger partial charge is 0.255 e. The molecule has 204 valence electrons. The highest BCUT2D eigenvalue weighted by atomic mass is 16.2. The van der Waals surface area contributed by atoms with Crippen molar-refractivity contribution >= 4 is 35.0 Å². The molecule has 0 fully saturated rings. The van der Waals surface area contributed by atoms with E-state index in [2.05, 4.69) is 21.3 Å². The van der Waals surface area contributed by atoms with Crippen LogP contribution in [0.2, 0.25) is 0 Å². The quantitative estimate of drug-likeness (QED) is 0.271. The lowest BCUT2D eigenvalue weighted by atomic mass is 10.1. The minimum absolute atomic E-state index is 0.171. The lowest BCUT2D eigenvalue weighted by Gasteiger charge is -2.07. The second-order valence-electron chi connectivity index (χ2n) is 8.96. The molecule has 4 N–H and O–H groups in total. The normalized spacial score (nSPS) is 9.90. The van der Waals surface area contributed by atoms with Crippen LogP contribution in [0.4, 0.5) is 11.4 Å². The molecule has 0 radical (unpaired) electrons. The average molecular weight is 537 g/mol. The van der Waals surface area contributed by atoms with Gasteiger partial charge in [-0.05, 0) is 86.1 Å². The van der Waals surface area contributed by atoms with Crippen molar-refractivity contribution in [3.05, 3.63) is 130 Å². The Kier molecular flexibility index (Phi) is 10.3. The minimum atomic E-state index is -0.235. The number of carbonyl (C=O) groups excluding carboxylic acids is 4. The molecule has 0 bridgehead atoms. The van der Waals surface area contributed by atoms with E-state index in [9.17, 15) is 19.2 Å². The fourth-order valence-corrected chi connectivity index (χ4v) is 3.63. The van der Waals surface area contributed by atoms with Gasteiger partial charge in [0.25, 0.3) is 23.6 Å². The molecule has 4 rings (SSSR count). The van der Waals surface area contributed by atoms with E-state index in [1.807, 2.05) is 62.4 Å². The Morgan fingerprint density at radius 1 is 0.450 bits per heavy atom. The molecule has 0 saturated heterocycles. The maximum Gasteiger partial charge on any atom is 0.255 e. The number of nitrogens with one attached hydrogen (secondary N) is 4. The van der Waals surface area contributed by atoms with E-state index >= 15 is 0 Å². The summed E-state index contributed by atoms with van der Waals surface area (Å²) in [5.74, 6) is -0.815. The van der Waals surface area contributed by atoms with Gasteiger partial charge in [-0.25, -0.2) is 0 Å². The zero-order chi connectivity index (χ0) is 29.1. The van der Waals surface area contributed by atoms with Crippen molar-refractivity contribution in [1.82, 2.24) is 10.6 Å². The first kappa shape index (κ1) is 29.3. The molecular formula is C32H32N4O4. The monoisotopic (exact) mass is 536 g/mol. The minimum Gasteiger partial charge on any atom is -0.355 e. The van der Waals surface area contributed by atoms with E-state index in [0.29, 0.717) is 22.3 Å². The van der Waals surface area contributed by atoms with Gasteiger partial charge in [0, 0.05) is 47.7 Å². The third kappa shape index (κ3) is 8.39. The van der Waals surface area contributed by atoms with Crippen LogP contribution < -0.4 is 21.3 Å². The van der Waals surface area contributed by atoms with Crippen molar-refractivity contribution in [3.63, 3.8) is 0 Å². The highest BCUT2D eigenvalue weighted by molar-refractivity contribution is 6.06. The predicted molar refractivity (Wildman–Crippen MR) is 158 cm³/mol. The van der Waals surface area contributed by atoms with Crippen molar-refractivity contribution in [1.29, 1.82) is 0 Å². The first-order valence-electron chi connectivity index (χ1n) is 12.6. The number of carbonyl (C=O) groups is 4. The molecule has 0 heterocycles. The average Bonchev–Trinajstić information content (AvgIpc) is 2.98. The molecule has 4 aromatic carbocycles. The summed E-state index contributed by atoms with van der Waals surface area (Å²) in [7, 11) is 3.13. The molecule has 0 spiro atoms. The first-order chi connectivity index (χ1) is 19.2. The van der Waals surface area contributed by atoms with Crippen LogP contribution in [0, 0.1) is 13.8 Å². The summed E-state index contributed by atoms with van der Waals surface area (Å²) in [4.78, 5) is 47.1. The number of rotatable bonds is 6. The molecule has 0 aliphatic heterocycles. The first-order valence-corrected chi connectivity index (χ1v) is 12.6. The summed E-state index contributed by atoms with van der Waals surface area (Å²) in [6, 6.07) is 28.3. The fraction of sp³-hybridized carbons (Fsp3) is 0.125. The second kappa shape index (κ2) is 14.1. The number of benzene rings is 4. The molecule has 8 heteroatoms. The van der Waals surface area contributed by atoms with Crippen LogP contribution in [-0.4, -0.2) is 37.7 Å². The van der Waals surface area contributed by atoms with Gasteiger partial charge < -0.3 is 21.3 Å². The number of hydrogen-bond donors (Lipinski definition) is 4. The van der Waals surface area contributed by atoms with Crippen LogP contribution in [0.3, 0.4) is 0 Å². The Hall–Kier alpha value is -5.24. The molecule has 0 aliphatic rings. The summed E-state index contributed by atoms with van der Waals surface area (Å²) in [5.41, 5.74) is 5.64. The number of amides is 4. The van der Waals surface area contributed by atoms with Gasteiger partial charge in [0.1, 0.15) is 0 Å². The van der Waals surface area contributed by atoms with Crippen molar-refractivity contribution in [3.8, 4) is 0 Å². The number of aryl methyl sites for hydroxylation is 2. The van der Waals surface area contributed by atoms with Gasteiger partial charge in [-0.3, -0.25) is 19.2 Å². The van der Waals surface area contributed by atoms with Gasteiger partial charge in [0.2, 0.25) is 0 Å². The van der Waals surface area contributed by atoms with Crippen molar-refractivity contribution in [2.24, 2.45) is 0 Å². The Bertz CT molecular complexity index is 1500. The molecule has 4 aromatic rings. The maximum atomic E-state index is 12.1. The highest BCUT2D eigenvalue weighted by Crippen LogP contribution is 2.13.